The molecule has 0 amide bonds. The predicted octanol–water partition coefficient (Wildman–Crippen LogP) is 14.3. The van der Waals surface area contributed by atoms with Crippen molar-refractivity contribution in [2.24, 2.45) is 0 Å². The van der Waals surface area contributed by atoms with Gasteiger partial charge in [0.2, 0.25) is 0 Å². The van der Waals surface area contributed by atoms with Crippen molar-refractivity contribution in [2.45, 2.75) is 38.5 Å². The summed E-state index contributed by atoms with van der Waals surface area (Å²) in [6, 6.07) is 65.3. The van der Waals surface area contributed by atoms with Crippen molar-refractivity contribution in [3.05, 3.63) is 198 Å². The van der Waals surface area contributed by atoms with Crippen LogP contribution in [0.5, 0.6) is 0 Å². The lowest BCUT2D eigenvalue weighted by atomic mass is 9.79. The molecule has 254 valence electrons. The zero-order valence-electron chi connectivity index (χ0n) is 30.7. The number of anilines is 3. The highest BCUT2D eigenvalue weighted by Gasteiger charge is 2.38. The van der Waals surface area contributed by atoms with Crippen molar-refractivity contribution in [3.8, 4) is 44.5 Å². The average molecular weight is 680 g/mol. The van der Waals surface area contributed by atoms with Gasteiger partial charge in [0.25, 0.3) is 0 Å². The van der Waals surface area contributed by atoms with Crippen molar-refractivity contribution in [1.82, 2.24) is 0 Å². The maximum absolute atomic E-state index is 2.53. The number of hydrogen-bond donors (Lipinski definition) is 0. The van der Waals surface area contributed by atoms with Crippen LogP contribution in [0.1, 0.15) is 49.9 Å². The second-order valence-electron chi connectivity index (χ2n) is 15.7. The van der Waals surface area contributed by atoms with E-state index in [-0.39, 0.29) is 10.8 Å². The van der Waals surface area contributed by atoms with Gasteiger partial charge < -0.3 is 4.90 Å². The molecule has 0 N–H and O–H groups in total. The molecule has 1 nitrogen and oxygen atoms in total. The van der Waals surface area contributed by atoms with Gasteiger partial charge in [0.05, 0.1) is 5.69 Å². The molecule has 0 saturated heterocycles. The van der Waals surface area contributed by atoms with E-state index in [0.29, 0.717) is 0 Å². The maximum Gasteiger partial charge on any atom is 0.0618 e. The second kappa shape index (κ2) is 11.7. The molecule has 0 atom stereocenters. The Morgan fingerprint density at radius 2 is 0.830 bits per heavy atom. The lowest BCUT2D eigenvalue weighted by molar-refractivity contribution is 0.660. The number of benzene rings is 8. The molecular formula is C52H41N. The van der Waals surface area contributed by atoms with Gasteiger partial charge >= 0.3 is 0 Å². The summed E-state index contributed by atoms with van der Waals surface area (Å²) in [6.45, 7) is 9.53. The Labute approximate surface area is 312 Å². The van der Waals surface area contributed by atoms with E-state index >= 15 is 0 Å². The molecule has 0 unspecified atom stereocenters. The third-order valence-corrected chi connectivity index (χ3v) is 12.1. The summed E-state index contributed by atoms with van der Waals surface area (Å²) in [5.74, 6) is 0. The third kappa shape index (κ3) is 4.70. The van der Waals surface area contributed by atoms with Crippen LogP contribution in [0.4, 0.5) is 17.1 Å². The van der Waals surface area contributed by atoms with Crippen LogP contribution in [0.2, 0.25) is 0 Å². The van der Waals surface area contributed by atoms with Gasteiger partial charge in [0, 0.05) is 33.2 Å². The van der Waals surface area contributed by atoms with Crippen LogP contribution in [-0.2, 0) is 10.8 Å². The number of fused-ring (bicyclic) bond motifs is 8. The van der Waals surface area contributed by atoms with E-state index in [0.717, 1.165) is 11.4 Å². The van der Waals surface area contributed by atoms with Crippen molar-refractivity contribution in [2.75, 3.05) is 4.90 Å². The molecule has 0 bridgehead atoms. The highest BCUT2D eigenvalue weighted by molar-refractivity contribution is 6.10. The van der Waals surface area contributed by atoms with Gasteiger partial charge in [0.1, 0.15) is 0 Å². The lowest BCUT2D eigenvalue weighted by Crippen LogP contribution is -2.18. The van der Waals surface area contributed by atoms with Gasteiger partial charge in [-0.2, -0.15) is 0 Å². The molecule has 53 heavy (non-hydrogen) atoms. The van der Waals surface area contributed by atoms with Crippen molar-refractivity contribution in [3.63, 3.8) is 0 Å². The molecule has 2 aliphatic rings. The van der Waals surface area contributed by atoms with Gasteiger partial charge in [-0.15, -0.1) is 0 Å². The monoisotopic (exact) mass is 679 g/mol. The molecule has 0 aromatic heterocycles. The molecular weight excluding hydrogens is 639 g/mol. The molecule has 0 saturated carbocycles. The van der Waals surface area contributed by atoms with Gasteiger partial charge in [-0.25, -0.2) is 0 Å². The Kier molecular flexibility index (Phi) is 6.94. The first-order valence-corrected chi connectivity index (χ1v) is 18.8. The van der Waals surface area contributed by atoms with Crippen molar-refractivity contribution >= 4 is 27.8 Å². The van der Waals surface area contributed by atoms with E-state index in [1.54, 1.807) is 0 Å². The minimum Gasteiger partial charge on any atom is -0.309 e. The smallest absolute Gasteiger partial charge is 0.0618 e. The zero-order valence-corrected chi connectivity index (χ0v) is 30.7. The molecule has 8 aromatic carbocycles. The van der Waals surface area contributed by atoms with Gasteiger partial charge in [0.15, 0.2) is 0 Å². The summed E-state index contributed by atoms with van der Waals surface area (Å²) >= 11 is 0. The summed E-state index contributed by atoms with van der Waals surface area (Å²) < 4.78 is 0. The predicted molar refractivity (Wildman–Crippen MR) is 225 cm³/mol. The van der Waals surface area contributed by atoms with Crippen LogP contribution < -0.4 is 4.90 Å². The van der Waals surface area contributed by atoms with E-state index in [9.17, 15) is 0 Å². The summed E-state index contributed by atoms with van der Waals surface area (Å²) in [5, 5.41) is 2.55. The van der Waals surface area contributed by atoms with Gasteiger partial charge in [-0.05, 0) is 90.8 Å². The minimum absolute atomic E-state index is 0.123. The summed E-state index contributed by atoms with van der Waals surface area (Å²) in [6.07, 6.45) is 0. The normalized spacial score (nSPS) is 14.3. The fourth-order valence-electron chi connectivity index (χ4n) is 9.45. The SMILES string of the molecule is CC1(C)c2ccccc2-c2ccc(N(c3ccc(-c4ccccc4)cc3)c3c(-c4ccccc4)ccc4c5c(ccc34)-c3ccccc3C5(C)C)cc21. The fourth-order valence-corrected chi connectivity index (χ4v) is 9.45. The highest BCUT2D eigenvalue weighted by atomic mass is 15.1. The summed E-state index contributed by atoms with van der Waals surface area (Å²) in [7, 11) is 0. The van der Waals surface area contributed by atoms with Crippen LogP contribution in [0.25, 0.3) is 55.3 Å². The van der Waals surface area contributed by atoms with Crippen LogP contribution in [0, 0.1) is 0 Å². The van der Waals surface area contributed by atoms with Crippen LogP contribution in [-0.4, -0.2) is 0 Å². The Morgan fingerprint density at radius 3 is 1.53 bits per heavy atom. The lowest BCUT2D eigenvalue weighted by Gasteiger charge is -2.32. The molecule has 0 aliphatic heterocycles. The first-order valence-electron chi connectivity index (χ1n) is 18.8. The molecule has 0 spiro atoms. The summed E-state index contributed by atoms with van der Waals surface area (Å²) in [5.41, 5.74) is 19.0. The molecule has 0 heterocycles. The minimum atomic E-state index is -0.136. The number of hydrogen-bond acceptors (Lipinski definition) is 1. The number of nitrogens with zero attached hydrogens (tertiary/aromatic N) is 1. The topological polar surface area (TPSA) is 3.24 Å². The van der Waals surface area contributed by atoms with Crippen LogP contribution >= 0.6 is 0 Å². The van der Waals surface area contributed by atoms with Crippen LogP contribution in [0.3, 0.4) is 0 Å². The van der Waals surface area contributed by atoms with Crippen molar-refractivity contribution < 1.29 is 0 Å². The molecule has 0 radical (unpaired) electrons. The molecule has 2 aliphatic carbocycles. The standard InChI is InChI=1S/C52H41N/c1-51(2)46-21-13-11-19-40(46)42-28-27-38(33-48(42)51)53(37-25-23-35(24-26-37)34-15-7-5-8-16-34)50-39(36-17-9-6-10-18-36)29-30-44-45(50)32-31-43-41-20-12-14-22-47(41)52(3,4)49(43)44/h5-33H,1-4H3. The quantitative estimate of drug-likeness (QED) is 0.175. The first kappa shape index (κ1) is 31.5. The fraction of sp³-hybridized carbons (Fsp3) is 0.115. The number of rotatable bonds is 5. The summed E-state index contributed by atoms with van der Waals surface area (Å²) in [4.78, 5) is 2.53. The molecule has 8 aromatic rings. The Balaban J connectivity index is 1.27. The zero-order chi connectivity index (χ0) is 35.9. The van der Waals surface area contributed by atoms with E-state index in [1.165, 1.54) is 83.2 Å². The first-order chi connectivity index (χ1) is 25.8. The molecule has 1 heteroatoms. The highest BCUT2D eigenvalue weighted by Crippen LogP contribution is 2.55. The van der Waals surface area contributed by atoms with E-state index < -0.39 is 0 Å². The maximum atomic E-state index is 2.53. The molecule has 10 rings (SSSR count). The Bertz CT molecular complexity index is 2700. The van der Waals surface area contributed by atoms with Gasteiger partial charge in [-0.1, -0.05) is 179 Å². The van der Waals surface area contributed by atoms with Crippen molar-refractivity contribution in [1.29, 1.82) is 0 Å². The van der Waals surface area contributed by atoms with E-state index in [1.807, 2.05) is 0 Å². The second-order valence-corrected chi connectivity index (χ2v) is 15.7. The average Bonchev–Trinajstić information content (AvgIpc) is 3.58. The van der Waals surface area contributed by atoms with E-state index in [2.05, 4.69) is 209 Å². The van der Waals surface area contributed by atoms with Crippen LogP contribution in [0.15, 0.2) is 176 Å². The Morgan fingerprint density at radius 1 is 0.340 bits per heavy atom. The van der Waals surface area contributed by atoms with Gasteiger partial charge in [-0.3, -0.25) is 0 Å². The third-order valence-electron chi connectivity index (χ3n) is 12.1. The van der Waals surface area contributed by atoms with E-state index in [4.69, 9.17) is 0 Å². The largest absolute Gasteiger partial charge is 0.309 e. The molecule has 0 fully saturated rings. The Hall–Kier alpha value is -6.18.